The fourth-order valence-corrected chi connectivity index (χ4v) is 2.08. The third-order valence-electron chi connectivity index (χ3n) is 2.91. The lowest BCUT2D eigenvalue weighted by Crippen LogP contribution is -2.02. The van der Waals surface area contributed by atoms with Crippen LogP contribution in [0.25, 0.3) is 0 Å². The molecule has 0 saturated carbocycles. The molecular formula is C15H17ClN2. The third-order valence-corrected chi connectivity index (χ3v) is 3.24. The highest BCUT2D eigenvalue weighted by Crippen LogP contribution is 2.27. The van der Waals surface area contributed by atoms with Gasteiger partial charge in [-0.2, -0.15) is 0 Å². The van der Waals surface area contributed by atoms with Crippen LogP contribution in [0.5, 0.6) is 0 Å². The summed E-state index contributed by atoms with van der Waals surface area (Å²) in [5.41, 5.74) is 11.0. The summed E-state index contributed by atoms with van der Waals surface area (Å²) in [5.74, 6) is 0. The quantitative estimate of drug-likeness (QED) is 0.814. The fraction of sp³-hybridized carbons (Fsp3) is 0.200. The van der Waals surface area contributed by atoms with Crippen molar-refractivity contribution in [2.75, 3.05) is 11.1 Å². The van der Waals surface area contributed by atoms with E-state index in [1.54, 1.807) is 0 Å². The SMILES string of the molecule is Cc1cccc(CNc2cc(Cl)c(N)cc2C)c1. The van der Waals surface area contributed by atoms with Gasteiger partial charge in [0.15, 0.2) is 0 Å². The molecule has 2 aromatic rings. The van der Waals surface area contributed by atoms with E-state index in [4.69, 9.17) is 17.3 Å². The molecule has 3 N–H and O–H groups in total. The normalized spacial score (nSPS) is 10.4. The Hall–Kier alpha value is -1.67. The second kappa shape index (κ2) is 5.32. The first-order valence-corrected chi connectivity index (χ1v) is 6.29. The van der Waals surface area contributed by atoms with Crippen molar-refractivity contribution in [3.8, 4) is 0 Å². The van der Waals surface area contributed by atoms with Crippen LogP contribution >= 0.6 is 11.6 Å². The van der Waals surface area contributed by atoms with E-state index in [1.807, 2.05) is 19.1 Å². The number of benzene rings is 2. The highest BCUT2D eigenvalue weighted by Gasteiger charge is 2.03. The Bertz CT molecular complexity index is 564. The molecule has 2 rings (SSSR count). The van der Waals surface area contributed by atoms with Crippen molar-refractivity contribution in [2.45, 2.75) is 20.4 Å². The summed E-state index contributed by atoms with van der Waals surface area (Å²) in [6, 6.07) is 12.2. The monoisotopic (exact) mass is 260 g/mol. The fourth-order valence-electron chi connectivity index (χ4n) is 1.91. The number of nitrogen functional groups attached to an aromatic ring is 1. The van der Waals surface area contributed by atoms with Crippen molar-refractivity contribution in [1.29, 1.82) is 0 Å². The molecule has 2 nitrogen and oxygen atoms in total. The van der Waals surface area contributed by atoms with Crippen LogP contribution in [-0.4, -0.2) is 0 Å². The Labute approximate surface area is 113 Å². The van der Waals surface area contributed by atoms with Gasteiger partial charge in [0.25, 0.3) is 0 Å². The number of nitrogens with two attached hydrogens (primary N) is 1. The minimum absolute atomic E-state index is 0.590. The van der Waals surface area contributed by atoms with Crippen LogP contribution in [0.4, 0.5) is 11.4 Å². The first-order valence-electron chi connectivity index (χ1n) is 5.91. The summed E-state index contributed by atoms with van der Waals surface area (Å²) < 4.78 is 0. The third kappa shape index (κ3) is 2.96. The predicted octanol–water partition coefficient (Wildman–Crippen LogP) is 4.15. The Morgan fingerprint density at radius 3 is 2.67 bits per heavy atom. The van der Waals surface area contributed by atoms with Crippen LogP contribution < -0.4 is 11.1 Å². The first kappa shape index (κ1) is 12.8. The zero-order valence-electron chi connectivity index (χ0n) is 10.6. The Balaban J connectivity index is 2.13. The van der Waals surface area contributed by atoms with Crippen molar-refractivity contribution in [3.63, 3.8) is 0 Å². The van der Waals surface area contributed by atoms with Crippen molar-refractivity contribution in [2.24, 2.45) is 0 Å². The molecule has 0 radical (unpaired) electrons. The van der Waals surface area contributed by atoms with E-state index in [1.165, 1.54) is 11.1 Å². The van der Waals surface area contributed by atoms with Gasteiger partial charge in [-0.1, -0.05) is 41.4 Å². The average molecular weight is 261 g/mol. The van der Waals surface area contributed by atoms with Gasteiger partial charge in [0, 0.05) is 12.2 Å². The van der Waals surface area contributed by atoms with Gasteiger partial charge in [-0.3, -0.25) is 0 Å². The zero-order chi connectivity index (χ0) is 13.1. The molecular weight excluding hydrogens is 244 g/mol. The summed E-state index contributed by atoms with van der Waals surface area (Å²) in [6.07, 6.45) is 0. The van der Waals surface area contributed by atoms with E-state index in [0.717, 1.165) is 17.8 Å². The van der Waals surface area contributed by atoms with Gasteiger partial charge in [0.1, 0.15) is 0 Å². The molecule has 0 saturated heterocycles. The number of halogens is 1. The van der Waals surface area contributed by atoms with E-state index < -0.39 is 0 Å². The standard InChI is InChI=1S/C15H17ClN2/c1-10-4-3-5-12(6-10)9-18-15-8-13(16)14(17)7-11(15)2/h3-8,18H,9,17H2,1-2H3. The Morgan fingerprint density at radius 2 is 1.94 bits per heavy atom. The molecule has 0 aliphatic rings. The van der Waals surface area contributed by atoms with E-state index >= 15 is 0 Å². The Kier molecular flexibility index (Phi) is 3.78. The number of hydrogen-bond acceptors (Lipinski definition) is 2. The number of rotatable bonds is 3. The van der Waals surface area contributed by atoms with Gasteiger partial charge in [-0.05, 0) is 37.1 Å². The number of hydrogen-bond donors (Lipinski definition) is 2. The molecule has 3 heteroatoms. The van der Waals surface area contributed by atoms with Gasteiger partial charge in [0.2, 0.25) is 0 Å². The second-order valence-corrected chi connectivity index (χ2v) is 4.94. The number of nitrogens with one attached hydrogen (secondary N) is 1. The molecule has 0 aromatic heterocycles. The molecule has 0 spiro atoms. The highest BCUT2D eigenvalue weighted by atomic mass is 35.5. The van der Waals surface area contributed by atoms with Crippen molar-refractivity contribution in [1.82, 2.24) is 0 Å². The summed E-state index contributed by atoms with van der Waals surface area (Å²) in [4.78, 5) is 0. The van der Waals surface area contributed by atoms with Crippen molar-refractivity contribution < 1.29 is 0 Å². The molecule has 2 aromatic carbocycles. The minimum atomic E-state index is 0.590. The molecule has 18 heavy (non-hydrogen) atoms. The lowest BCUT2D eigenvalue weighted by Gasteiger charge is -2.12. The van der Waals surface area contributed by atoms with Crippen molar-refractivity contribution in [3.05, 3.63) is 58.1 Å². The molecule has 0 bridgehead atoms. The van der Waals surface area contributed by atoms with Crippen LogP contribution in [0.1, 0.15) is 16.7 Å². The van der Waals surface area contributed by atoms with Gasteiger partial charge >= 0.3 is 0 Å². The summed E-state index contributed by atoms with van der Waals surface area (Å²) in [5, 5.41) is 3.97. The average Bonchev–Trinajstić information content (AvgIpc) is 2.32. The Morgan fingerprint density at radius 1 is 1.17 bits per heavy atom. The maximum absolute atomic E-state index is 6.03. The van der Waals surface area contributed by atoms with Gasteiger partial charge < -0.3 is 11.1 Å². The van der Waals surface area contributed by atoms with Gasteiger partial charge in [-0.15, -0.1) is 0 Å². The van der Waals surface area contributed by atoms with Crippen molar-refractivity contribution >= 4 is 23.0 Å². The first-order chi connectivity index (χ1) is 8.56. The molecule has 0 unspecified atom stereocenters. The van der Waals surface area contributed by atoms with Crippen LogP contribution in [0, 0.1) is 13.8 Å². The molecule has 0 aliphatic heterocycles. The predicted molar refractivity (Wildman–Crippen MR) is 79.1 cm³/mol. The van der Waals surface area contributed by atoms with E-state index in [9.17, 15) is 0 Å². The summed E-state index contributed by atoms with van der Waals surface area (Å²) >= 11 is 6.03. The maximum Gasteiger partial charge on any atom is 0.0656 e. The molecule has 0 aliphatic carbocycles. The minimum Gasteiger partial charge on any atom is -0.398 e. The lowest BCUT2D eigenvalue weighted by atomic mass is 10.1. The molecule has 0 atom stereocenters. The molecule has 0 amide bonds. The maximum atomic E-state index is 6.03. The van der Waals surface area contributed by atoms with E-state index in [2.05, 4.69) is 36.5 Å². The zero-order valence-corrected chi connectivity index (χ0v) is 11.4. The summed E-state index contributed by atoms with van der Waals surface area (Å²) in [6.45, 7) is 4.89. The second-order valence-electron chi connectivity index (χ2n) is 4.53. The topological polar surface area (TPSA) is 38.0 Å². The van der Waals surface area contributed by atoms with Crippen LogP contribution in [0.3, 0.4) is 0 Å². The van der Waals surface area contributed by atoms with Crippen LogP contribution in [0.15, 0.2) is 36.4 Å². The van der Waals surface area contributed by atoms with Crippen LogP contribution in [-0.2, 0) is 6.54 Å². The van der Waals surface area contributed by atoms with Gasteiger partial charge in [0.05, 0.1) is 10.7 Å². The van der Waals surface area contributed by atoms with E-state index in [0.29, 0.717) is 10.7 Å². The lowest BCUT2D eigenvalue weighted by molar-refractivity contribution is 1.13. The molecule has 0 fully saturated rings. The number of anilines is 2. The molecule has 94 valence electrons. The largest absolute Gasteiger partial charge is 0.398 e. The summed E-state index contributed by atoms with van der Waals surface area (Å²) in [7, 11) is 0. The smallest absolute Gasteiger partial charge is 0.0656 e. The number of aryl methyl sites for hydroxylation is 2. The van der Waals surface area contributed by atoms with E-state index in [-0.39, 0.29) is 0 Å². The van der Waals surface area contributed by atoms with Crippen LogP contribution in [0.2, 0.25) is 5.02 Å². The van der Waals surface area contributed by atoms with Gasteiger partial charge in [-0.25, -0.2) is 0 Å². The highest BCUT2D eigenvalue weighted by molar-refractivity contribution is 6.33. The molecule has 0 heterocycles.